The average Bonchev–Trinajstić information content (AvgIpc) is 2.46. The number of rotatable bonds is 14. The number of carbonyl (C=O) groups is 1. The summed E-state index contributed by atoms with van der Waals surface area (Å²) in [6, 6.07) is 0. The molecule has 0 heterocycles. The van der Waals surface area contributed by atoms with E-state index in [4.69, 9.17) is 5.11 Å². The molecule has 120 valence electrons. The molecule has 0 saturated heterocycles. The van der Waals surface area contributed by atoms with Gasteiger partial charge in [0.15, 0.2) is 0 Å². The van der Waals surface area contributed by atoms with E-state index in [-0.39, 0.29) is 6.42 Å². The van der Waals surface area contributed by atoms with Crippen LogP contribution in [0.25, 0.3) is 0 Å². The minimum atomic E-state index is -0.707. The lowest BCUT2D eigenvalue weighted by molar-refractivity contribution is -0.137. The second-order valence-electron chi connectivity index (χ2n) is 5.00. The van der Waals surface area contributed by atoms with E-state index in [9.17, 15) is 4.79 Å². The van der Waals surface area contributed by atoms with Crippen molar-refractivity contribution in [3.8, 4) is 0 Å². The first-order valence-corrected chi connectivity index (χ1v) is 9.19. The third-order valence-corrected chi connectivity index (χ3v) is 3.82. The maximum Gasteiger partial charge on any atom is 0.303 e. The third kappa shape index (κ3) is 19.0. The minimum absolute atomic E-state index is 0.269. The highest BCUT2D eigenvalue weighted by molar-refractivity contribution is 7.99. The summed E-state index contributed by atoms with van der Waals surface area (Å²) in [6.07, 6.45) is 21.3. The SMILES string of the molecule is CCCCCCC=CC=CCSCC=CCCCC(=O)O. The first-order valence-electron chi connectivity index (χ1n) is 8.03. The van der Waals surface area contributed by atoms with E-state index < -0.39 is 5.97 Å². The van der Waals surface area contributed by atoms with E-state index >= 15 is 0 Å². The molecular weight excluding hydrogens is 280 g/mol. The molecule has 0 aliphatic heterocycles. The van der Waals surface area contributed by atoms with Crippen molar-refractivity contribution in [3.63, 3.8) is 0 Å². The molecule has 0 unspecified atom stereocenters. The molecule has 0 radical (unpaired) electrons. The Morgan fingerprint density at radius 3 is 2.38 bits per heavy atom. The maximum atomic E-state index is 10.3. The molecule has 0 aliphatic rings. The van der Waals surface area contributed by atoms with Crippen LogP contribution in [0, 0.1) is 0 Å². The summed E-state index contributed by atoms with van der Waals surface area (Å²) in [6.45, 7) is 2.24. The normalized spacial score (nSPS) is 12.0. The molecule has 0 bridgehead atoms. The Balaban J connectivity index is 3.29. The second kappa shape index (κ2) is 17.1. The number of hydrogen-bond acceptors (Lipinski definition) is 2. The predicted octanol–water partition coefficient (Wildman–Crippen LogP) is 5.61. The Bertz CT molecular complexity index is 319. The highest BCUT2D eigenvalue weighted by Gasteiger charge is 1.92. The topological polar surface area (TPSA) is 37.3 Å². The lowest BCUT2D eigenvalue weighted by Gasteiger charge is -1.93. The van der Waals surface area contributed by atoms with Crippen molar-refractivity contribution in [2.45, 2.75) is 58.3 Å². The number of allylic oxidation sites excluding steroid dienone is 4. The van der Waals surface area contributed by atoms with Gasteiger partial charge in [-0.1, -0.05) is 62.6 Å². The molecule has 21 heavy (non-hydrogen) atoms. The summed E-state index contributed by atoms with van der Waals surface area (Å²) in [7, 11) is 0. The van der Waals surface area contributed by atoms with Gasteiger partial charge in [0.25, 0.3) is 0 Å². The van der Waals surface area contributed by atoms with E-state index in [0.717, 1.165) is 24.3 Å². The number of aliphatic carboxylic acids is 1. The number of carboxylic acid groups (broad SMARTS) is 1. The van der Waals surface area contributed by atoms with E-state index in [2.05, 4.69) is 43.4 Å². The molecule has 0 fully saturated rings. The Morgan fingerprint density at radius 2 is 1.62 bits per heavy atom. The van der Waals surface area contributed by atoms with Gasteiger partial charge in [0.05, 0.1) is 0 Å². The molecule has 0 aliphatic carbocycles. The molecule has 3 heteroatoms. The zero-order chi connectivity index (χ0) is 15.6. The van der Waals surface area contributed by atoms with Gasteiger partial charge in [0.1, 0.15) is 0 Å². The van der Waals surface area contributed by atoms with E-state index in [0.29, 0.717) is 0 Å². The maximum absolute atomic E-state index is 10.3. The fraction of sp³-hybridized carbons (Fsp3) is 0.611. The molecule has 0 saturated carbocycles. The third-order valence-electron chi connectivity index (χ3n) is 2.96. The number of carboxylic acids is 1. The lowest BCUT2D eigenvalue weighted by atomic mass is 10.1. The Hall–Kier alpha value is -0.960. The largest absolute Gasteiger partial charge is 0.481 e. The number of unbranched alkanes of at least 4 members (excludes halogenated alkanes) is 5. The van der Waals surface area contributed by atoms with E-state index in [1.807, 2.05) is 11.8 Å². The van der Waals surface area contributed by atoms with Crippen LogP contribution in [0.3, 0.4) is 0 Å². The van der Waals surface area contributed by atoms with Crippen LogP contribution < -0.4 is 0 Å². The molecule has 0 spiro atoms. The van der Waals surface area contributed by atoms with Gasteiger partial charge in [-0.15, -0.1) is 0 Å². The summed E-state index contributed by atoms with van der Waals surface area (Å²) in [5, 5.41) is 8.49. The molecule has 0 aromatic carbocycles. The lowest BCUT2D eigenvalue weighted by Crippen LogP contribution is -1.92. The molecule has 0 aromatic heterocycles. The first kappa shape index (κ1) is 20.0. The fourth-order valence-electron chi connectivity index (χ4n) is 1.76. The standard InChI is InChI=1S/C18H30O2S/c1-2-3-4-5-6-7-8-10-13-16-21-17-14-11-9-12-15-18(19)20/h7-8,10-11,13-14H,2-6,9,12,15-17H2,1H3,(H,19,20). The summed E-state index contributed by atoms with van der Waals surface area (Å²) < 4.78 is 0. The molecule has 2 nitrogen and oxygen atoms in total. The van der Waals surface area contributed by atoms with Gasteiger partial charge >= 0.3 is 5.97 Å². The van der Waals surface area contributed by atoms with Gasteiger partial charge < -0.3 is 5.11 Å². The fourth-order valence-corrected chi connectivity index (χ4v) is 2.41. The van der Waals surface area contributed by atoms with Crippen LogP contribution in [-0.4, -0.2) is 22.6 Å². The van der Waals surface area contributed by atoms with Crippen LogP contribution >= 0.6 is 11.8 Å². The summed E-state index contributed by atoms with van der Waals surface area (Å²) >= 11 is 1.87. The highest BCUT2D eigenvalue weighted by atomic mass is 32.2. The van der Waals surface area contributed by atoms with Crippen molar-refractivity contribution in [3.05, 3.63) is 36.5 Å². The first-order chi connectivity index (χ1) is 10.3. The monoisotopic (exact) mass is 310 g/mol. The summed E-state index contributed by atoms with van der Waals surface area (Å²) in [5.41, 5.74) is 0. The van der Waals surface area contributed by atoms with Gasteiger partial charge in [-0.05, 0) is 25.7 Å². The van der Waals surface area contributed by atoms with Crippen molar-refractivity contribution >= 4 is 17.7 Å². The van der Waals surface area contributed by atoms with Crippen molar-refractivity contribution in [2.24, 2.45) is 0 Å². The zero-order valence-corrected chi connectivity index (χ0v) is 14.1. The molecular formula is C18H30O2S. The van der Waals surface area contributed by atoms with Crippen LogP contribution in [0.2, 0.25) is 0 Å². The van der Waals surface area contributed by atoms with Crippen LogP contribution in [0.5, 0.6) is 0 Å². The molecule has 0 rings (SSSR count). The van der Waals surface area contributed by atoms with Crippen LogP contribution in [0.1, 0.15) is 58.3 Å². The van der Waals surface area contributed by atoms with Crippen molar-refractivity contribution in [1.29, 1.82) is 0 Å². The molecule has 0 atom stereocenters. The van der Waals surface area contributed by atoms with Gasteiger partial charge in [-0.25, -0.2) is 0 Å². The van der Waals surface area contributed by atoms with Crippen molar-refractivity contribution in [2.75, 3.05) is 11.5 Å². The molecule has 0 aromatic rings. The number of thioether (sulfide) groups is 1. The van der Waals surface area contributed by atoms with Crippen LogP contribution in [0.15, 0.2) is 36.5 Å². The highest BCUT2D eigenvalue weighted by Crippen LogP contribution is 2.04. The second-order valence-corrected chi connectivity index (χ2v) is 6.08. The minimum Gasteiger partial charge on any atom is -0.481 e. The van der Waals surface area contributed by atoms with Crippen molar-refractivity contribution in [1.82, 2.24) is 0 Å². The molecule has 1 N–H and O–H groups in total. The quantitative estimate of drug-likeness (QED) is 0.257. The zero-order valence-electron chi connectivity index (χ0n) is 13.3. The Morgan fingerprint density at radius 1 is 0.905 bits per heavy atom. The van der Waals surface area contributed by atoms with Crippen LogP contribution in [0.4, 0.5) is 0 Å². The summed E-state index contributed by atoms with van der Waals surface area (Å²) in [4.78, 5) is 10.3. The van der Waals surface area contributed by atoms with Gasteiger partial charge in [-0.3, -0.25) is 4.79 Å². The number of hydrogen-bond donors (Lipinski definition) is 1. The Labute approximate surface area is 134 Å². The van der Waals surface area contributed by atoms with Gasteiger partial charge in [0.2, 0.25) is 0 Å². The molecule has 0 amide bonds. The van der Waals surface area contributed by atoms with Gasteiger partial charge in [0, 0.05) is 17.9 Å². The van der Waals surface area contributed by atoms with Crippen molar-refractivity contribution < 1.29 is 9.90 Å². The van der Waals surface area contributed by atoms with Crippen LogP contribution in [-0.2, 0) is 4.79 Å². The summed E-state index contributed by atoms with van der Waals surface area (Å²) in [5.74, 6) is 1.32. The van der Waals surface area contributed by atoms with E-state index in [1.54, 1.807) is 0 Å². The smallest absolute Gasteiger partial charge is 0.303 e. The average molecular weight is 311 g/mol. The van der Waals surface area contributed by atoms with E-state index in [1.165, 1.54) is 32.1 Å². The Kier molecular flexibility index (Phi) is 16.3. The predicted molar refractivity (Wildman–Crippen MR) is 95.0 cm³/mol. The van der Waals surface area contributed by atoms with Gasteiger partial charge in [-0.2, -0.15) is 11.8 Å².